The molecule has 2 heterocycles. The Hall–Kier alpha value is -1.95. The highest BCUT2D eigenvalue weighted by Gasteiger charge is 2.28. The van der Waals surface area contributed by atoms with E-state index in [-0.39, 0.29) is 12.0 Å². The smallest absolute Gasteiger partial charge is 0.225 e. The van der Waals surface area contributed by atoms with Gasteiger partial charge in [-0.3, -0.25) is 4.79 Å². The molecule has 1 amide bonds. The Kier molecular flexibility index (Phi) is 4.91. The SMILES string of the molecule is CN(C)c1nccc([C@H]2CN(C(=O)C[C@@H]3C=CCC3)CCO2)n1. The molecule has 6 nitrogen and oxygen atoms in total. The molecule has 1 aromatic heterocycles. The normalized spacial score (nSPS) is 24.0. The molecular weight excluding hydrogens is 292 g/mol. The number of carbonyl (C=O) groups is 1. The lowest BCUT2D eigenvalue weighted by atomic mass is 10.0. The number of amides is 1. The van der Waals surface area contributed by atoms with E-state index in [4.69, 9.17) is 4.74 Å². The molecular formula is C17H24N4O2. The van der Waals surface area contributed by atoms with Crippen LogP contribution in [-0.4, -0.2) is 54.6 Å². The number of hydrogen-bond acceptors (Lipinski definition) is 5. The van der Waals surface area contributed by atoms with Gasteiger partial charge in [0.1, 0.15) is 6.10 Å². The Balaban J connectivity index is 1.64. The first-order chi connectivity index (χ1) is 11.1. The second-order valence-corrected chi connectivity index (χ2v) is 6.34. The van der Waals surface area contributed by atoms with Crippen LogP contribution in [0.25, 0.3) is 0 Å². The minimum absolute atomic E-state index is 0.173. The Labute approximate surface area is 137 Å². The minimum Gasteiger partial charge on any atom is -0.368 e. The van der Waals surface area contributed by atoms with E-state index in [1.807, 2.05) is 30.0 Å². The number of ether oxygens (including phenoxy) is 1. The first-order valence-electron chi connectivity index (χ1n) is 8.20. The van der Waals surface area contributed by atoms with Crippen LogP contribution in [0.1, 0.15) is 31.1 Å². The lowest BCUT2D eigenvalue weighted by Gasteiger charge is -2.33. The summed E-state index contributed by atoms with van der Waals surface area (Å²) in [7, 11) is 3.82. The molecule has 0 saturated carbocycles. The first-order valence-corrected chi connectivity index (χ1v) is 8.20. The van der Waals surface area contributed by atoms with Crippen molar-refractivity contribution in [2.45, 2.75) is 25.4 Å². The van der Waals surface area contributed by atoms with E-state index in [0.29, 0.717) is 38.0 Å². The third kappa shape index (κ3) is 3.88. The lowest BCUT2D eigenvalue weighted by Crippen LogP contribution is -2.43. The monoisotopic (exact) mass is 316 g/mol. The Bertz CT molecular complexity index is 588. The van der Waals surface area contributed by atoms with Crippen LogP contribution in [0, 0.1) is 5.92 Å². The number of anilines is 1. The molecule has 1 saturated heterocycles. The second kappa shape index (κ2) is 7.08. The van der Waals surface area contributed by atoms with Crippen LogP contribution in [-0.2, 0) is 9.53 Å². The van der Waals surface area contributed by atoms with Crippen LogP contribution in [0.2, 0.25) is 0 Å². The van der Waals surface area contributed by atoms with E-state index in [9.17, 15) is 4.79 Å². The number of hydrogen-bond donors (Lipinski definition) is 0. The summed E-state index contributed by atoms with van der Waals surface area (Å²) in [5.41, 5.74) is 0.835. The summed E-state index contributed by atoms with van der Waals surface area (Å²) in [6.45, 7) is 1.79. The van der Waals surface area contributed by atoms with Crippen molar-refractivity contribution < 1.29 is 9.53 Å². The van der Waals surface area contributed by atoms with Crippen LogP contribution in [0.4, 0.5) is 5.95 Å². The zero-order valence-electron chi connectivity index (χ0n) is 13.8. The van der Waals surface area contributed by atoms with Crippen molar-refractivity contribution >= 4 is 11.9 Å². The molecule has 3 rings (SSSR count). The Morgan fingerprint density at radius 3 is 3.09 bits per heavy atom. The summed E-state index contributed by atoms with van der Waals surface area (Å²) >= 11 is 0. The summed E-state index contributed by atoms with van der Waals surface area (Å²) < 4.78 is 5.83. The number of rotatable bonds is 4. The van der Waals surface area contributed by atoms with Gasteiger partial charge in [-0.15, -0.1) is 0 Å². The zero-order valence-corrected chi connectivity index (χ0v) is 13.8. The van der Waals surface area contributed by atoms with Crippen LogP contribution < -0.4 is 4.90 Å². The second-order valence-electron chi connectivity index (χ2n) is 6.34. The summed E-state index contributed by atoms with van der Waals surface area (Å²) in [5.74, 6) is 1.28. The van der Waals surface area contributed by atoms with Crippen molar-refractivity contribution in [1.82, 2.24) is 14.9 Å². The van der Waals surface area contributed by atoms with Gasteiger partial charge in [0.05, 0.1) is 18.8 Å². The molecule has 2 aliphatic rings. The van der Waals surface area contributed by atoms with Crippen molar-refractivity contribution in [3.8, 4) is 0 Å². The Morgan fingerprint density at radius 1 is 1.48 bits per heavy atom. The lowest BCUT2D eigenvalue weighted by molar-refractivity contribution is -0.139. The molecule has 0 N–H and O–H groups in total. The molecule has 2 atom stereocenters. The van der Waals surface area contributed by atoms with Gasteiger partial charge < -0.3 is 14.5 Å². The van der Waals surface area contributed by atoms with E-state index in [0.717, 1.165) is 18.5 Å². The van der Waals surface area contributed by atoms with Gasteiger partial charge >= 0.3 is 0 Å². The number of morpholine rings is 1. The largest absolute Gasteiger partial charge is 0.368 e. The van der Waals surface area contributed by atoms with E-state index in [2.05, 4.69) is 22.1 Å². The van der Waals surface area contributed by atoms with Gasteiger partial charge in [0.2, 0.25) is 11.9 Å². The summed E-state index contributed by atoms with van der Waals surface area (Å²) in [4.78, 5) is 25.0. The molecule has 23 heavy (non-hydrogen) atoms. The van der Waals surface area contributed by atoms with Gasteiger partial charge in [-0.1, -0.05) is 12.2 Å². The topological polar surface area (TPSA) is 58.6 Å². The highest BCUT2D eigenvalue weighted by Crippen LogP contribution is 2.25. The highest BCUT2D eigenvalue weighted by molar-refractivity contribution is 5.76. The van der Waals surface area contributed by atoms with Gasteiger partial charge in [-0.25, -0.2) is 9.97 Å². The molecule has 6 heteroatoms. The third-order valence-corrected chi connectivity index (χ3v) is 4.36. The molecule has 0 unspecified atom stereocenters. The van der Waals surface area contributed by atoms with Crippen molar-refractivity contribution in [2.75, 3.05) is 38.7 Å². The molecule has 1 aliphatic carbocycles. The van der Waals surface area contributed by atoms with E-state index < -0.39 is 0 Å². The van der Waals surface area contributed by atoms with Crippen LogP contribution in [0.3, 0.4) is 0 Å². The quantitative estimate of drug-likeness (QED) is 0.793. The number of carbonyl (C=O) groups excluding carboxylic acids is 1. The molecule has 1 aliphatic heterocycles. The fourth-order valence-corrected chi connectivity index (χ4v) is 3.03. The minimum atomic E-state index is -0.173. The molecule has 0 bridgehead atoms. The fourth-order valence-electron chi connectivity index (χ4n) is 3.03. The van der Waals surface area contributed by atoms with Gasteiger partial charge in [-0.2, -0.15) is 0 Å². The van der Waals surface area contributed by atoms with Crippen molar-refractivity contribution in [3.63, 3.8) is 0 Å². The summed E-state index contributed by atoms with van der Waals surface area (Å²) in [6, 6.07) is 1.87. The third-order valence-electron chi connectivity index (χ3n) is 4.36. The van der Waals surface area contributed by atoms with Crippen molar-refractivity contribution in [2.24, 2.45) is 5.92 Å². The molecule has 1 aromatic rings. The number of allylic oxidation sites excluding steroid dienone is 2. The maximum Gasteiger partial charge on any atom is 0.225 e. The zero-order chi connectivity index (χ0) is 16.2. The van der Waals surface area contributed by atoms with E-state index in [1.54, 1.807) is 6.20 Å². The van der Waals surface area contributed by atoms with E-state index >= 15 is 0 Å². The Morgan fingerprint density at radius 2 is 2.35 bits per heavy atom. The standard InChI is InChI=1S/C17H24N4O2/c1-20(2)17-18-8-7-14(19-17)15-12-21(9-10-23-15)16(22)11-13-5-3-4-6-13/h3,5,7-8,13,15H,4,6,9-12H2,1-2H3/t13-,15-/m1/s1. The number of aromatic nitrogens is 2. The fraction of sp³-hybridized carbons (Fsp3) is 0.588. The molecule has 0 spiro atoms. The van der Waals surface area contributed by atoms with Crippen LogP contribution in [0.15, 0.2) is 24.4 Å². The number of nitrogens with zero attached hydrogens (tertiary/aromatic N) is 4. The van der Waals surface area contributed by atoms with Gasteiger partial charge in [0, 0.05) is 33.3 Å². The maximum atomic E-state index is 12.5. The van der Waals surface area contributed by atoms with Gasteiger partial charge in [0.25, 0.3) is 0 Å². The van der Waals surface area contributed by atoms with Crippen LogP contribution in [0.5, 0.6) is 0 Å². The van der Waals surface area contributed by atoms with Crippen LogP contribution >= 0.6 is 0 Å². The molecule has 0 radical (unpaired) electrons. The highest BCUT2D eigenvalue weighted by atomic mass is 16.5. The molecule has 124 valence electrons. The summed E-state index contributed by atoms with van der Waals surface area (Å²) in [6.07, 6.45) is 8.71. The maximum absolute atomic E-state index is 12.5. The summed E-state index contributed by atoms with van der Waals surface area (Å²) in [5, 5.41) is 0. The van der Waals surface area contributed by atoms with Crippen molar-refractivity contribution in [3.05, 3.63) is 30.1 Å². The predicted molar refractivity (Wildman–Crippen MR) is 88.1 cm³/mol. The average Bonchev–Trinajstić information content (AvgIpc) is 3.08. The van der Waals surface area contributed by atoms with Gasteiger partial charge in [-0.05, 0) is 24.8 Å². The predicted octanol–water partition coefficient (Wildman–Crippen LogP) is 1.80. The van der Waals surface area contributed by atoms with E-state index in [1.165, 1.54) is 0 Å². The molecule has 1 fully saturated rings. The molecule has 0 aromatic carbocycles. The van der Waals surface area contributed by atoms with Gasteiger partial charge in [0.15, 0.2) is 0 Å². The van der Waals surface area contributed by atoms with Crippen molar-refractivity contribution in [1.29, 1.82) is 0 Å². The first kappa shape index (κ1) is 15.9. The average molecular weight is 316 g/mol.